The molecule has 0 amide bonds. The van der Waals surface area contributed by atoms with Gasteiger partial charge in [-0.1, -0.05) is 0 Å². The molecule has 0 aliphatic heterocycles. The van der Waals surface area contributed by atoms with Crippen molar-refractivity contribution in [2.75, 3.05) is 18.5 Å². The molecule has 0 radical (unpaired) electrons. The highest BCUT2D eigenvalue weighted by Gasteiger charge is 2.24. The van der Waals surface area contributed by atoms with Crippen LogP contribution in [0.3, 0.4) is 0 Å². The molecular formula is C19H18FN5O2S. The highest BCUT2D eigenvalue weighted by Crippen LogP contribution is 2.33. The molecule has 0 spiro atoms. The predicted octanol–water partition coefficient (Wildman–Crippen LogP) is 2.81. The van der Waals surface area contributed by atoms with Crippen LogP contribution < -0.4 is 5.32 Å². The molecule has 4 rings (SSSR count). The maximum absolute atomic E-state index is 13.4. The molecule has 0 unspecified atom stereocenters. The van der Waals surface area contributed by atoms with Gasteiger partial charge in [-0.25, -0.2) is 19.3 Å². The van der Waals surface area contributed by atoms with Gasteiger partial charge >= 0.3 is 0 Å². The first-order valence-electron chi connectivity index (χ1n) is 8.58. The Kier molecular flexibility index (Phi) is 4.80. The molecule has 0 aliphatic carbocycles. The second kappa shape index (κ2) is 7.27. The standard InChI is InChI=1S/C19H18FN5O2S/c1-19(10-26,11-27)24-17-21-7-6-14(22-17)16-15(12-2-4-13(20)5-3-12)23-18-25(16)8-9-28-18/h2-9,26-27H,10-11H2,1H3,(H,21,22,24). The molecule has 7 nitrogen and oxygen atoms in total. The summed E-state index contributed by atoms with van der Waals surface area (Å²) in [7, 11) is 0. The van der Waals surface area contributed by atoms with Crippen LogP contribution in [0.25, 0.3) is 27.6 Å². The third-order valence-electron chi connectivity index (χ3n) is 4.39. The van der Waals surface area contributed by atoms with Crippen molar-refractivity contribution in [1.29, 1.82) is 0 Å². The van der Waals surface area contributed by atoms with Gasteiger partial charge < -0.3 is 15.5 Å². The number of halogens is 1. The average Bonchev–Trinajstić information content (AvgIpc) is 3.30. The van der Waals surface area contributed by atoms with Crippen molar-refractivity contribution < 1.29 is 14.6 Å². The van der Waals surface area contributed by atoms with E-state index in [1.807, 2.05) is 16.0 Å². The number of anilines is 1. The molecule has 3 heterocycles. The maximum Gasteiger partial charge on any atom is 0.223 e. The van der Waals surface area contributed by atoms with Gasteiger partial charge in [0.05, 0.1) is 30.1 Å². The Morgan fingerprint density at radius 1 is 1.14 bits per heavy atom. The first-order chi connectivity index (χ1) is 13.5. The minimum atomic E-state index is -0.951. The Morgan fingerprint density at radius 3 is 2.61 bits per heavy atom. The number of aliphatic hydroxyl groups excluding tert-OH is 2. The summed E-state index contributed by atoms with van der Waals surface area (Å²) >= 11 is 1.49. The van der Waals surface area contributed by atoms with Gasteiger partial charge in [0, 0.05) is 23.3 Å². The van der Waals surface area contributed by atoms with E-state index in [0.29, 0.717) is 11.4 Å². The summed E-state index contributed by atoms with van der Waals surface area (Å²) in [4.78, 5) is 14.2. The normalized spacial score (nSPS) is 11.9. The maximum atomic E-state index is 13.4. The fourth-order valence-electron chi connectivity index (χ4n) is 2.79. The van der Waals surface area contributed by atoms with Gasteiger partial charge in [0.15, 0.2) is 4.96 Å². The molecule has 3 aromatic heterocycles. The summed E-state index contributed by atoms with van der Waals surface area (Å²) in [6.07, 6.45) is 3.50. The first kappa shape index (κ1) is 18.5. The number of aromatic nitrogens is 4. The van der Waals surface area contributed by atoms with Crippen molar-refractivity contribution in [1.82, 2.24) is 19.4 Å². The van der Waals surface area contributed by atoms with Crippen LogP contribution in [-0.4, -0.2) is 48.3 Å². The summed E-state index contributed by atoms with van der Waals surface area (Å²) in [5, 5.41) is 23.9. The molecule has 28 heavy (non-hydrogen) atoms. The van der Waals surface area contributed by atoms with Crippen LogP contribution in [0.1, 0.15) is 6.92 Å². The van der Waals surface area contributed by atoms with E-state index in [1.165, 1.54) is 23.5 Å². The highest BCUT2D eigenvalue weighted by atomic mass is 32.1. The second-order valence-corrected chi connectivity index (χ2v) is 7.51. The molecule has 1 aromatic carbocycles. The molecule has 144 valence electrons. The lowest BCUT2D eigenvalue weighted by molar-refractivity contribution is 0.147. The molecular weight excluding hydrogens is 381 g/mol. The Labute approximate surface area is 164 Å². The number of benzene rings is 1. The van der Waals surface area contributed by atoms with E-state index in [2.05, 4.69) is 20.3 Å². The molecule has 0 saturated heterocycles. The molecule has 0 bridgehead atoms. The minimum absolute atomic E-state index is 0.276. The van der Waals surface area contributed by atoms with E-state index in [9.17, 15) is 14.6 Å². The molecule has 0 fully saturated rings. The third-order valence-corrected chi connectivity index (χ3v) is 5.15. The molecule has 0 aliphatic rings. The predicted molar refractivity (Wildman–Crippen MR) is 106 cm³/mol. The Bertz CT molecular complexity index is 1110. The third kappa shape index (κ3) is 3.35. The topological polar surface area (TPSA) is 95.6 Å². The van der Waals surface area contributed by atoms with Gasteiger partial charge in [0.2, 0.25) is 5.95 Å². The monoisotopic (exact) mass is 399 g/mol. The summed E-state index contributed by atoms with van der Waals surface area (Å²) in [6.45, 7) is 1.11. The summed E-state index contributed by atoms with van der Waals surface area (Å²) in [5.41, 5.74) is 1.87. The van der Waals surface area contributed by atoms with Gasteiger partial charge in [0.25, 0.3) is 0 Å². The smallest absolute Gasteiger partial charge is 0.223 e. The first-order valence-corrected chi connectivity index (χ1v) is 9.46. The summed E-state index contributed by atoms with van der Waals surface area (Å²) in [5.74, 6) is -0.0366. The number of hydrogen-bond donors (Lipinski definition) is 3. The van der Waals surface area contributed by atoms with Gasteiger partial charge in [0.1, 0.15) is 11.5 Å². The van der Waals surface area contributed by atoms with Crippen LogP contribution in [0.15, 0.2) is 48.1 Å². The van der Waals surface area contributed by atoms with Crippen LogP contribution in [-0.2, 0) is 0 Å². The molecule has 9 heteroatoms. The van der Waals surface area contributed by atoms with Crippen molar-refractivity contribution in [3.8, 4) is 22.6 Å². The fraction of sp³-hybridized carbons (Fsp3) is 0.211. The quantitative estimate of drug-likeness (QED) is 0.461. The minimum Gasteiger partial charge on any atom is -0.394 e. The number of nitrogens with one attached hydrogen (secondary N) is 1. The van der Waals surface area contributed by atoms with Crippen LogP contribution in [0.4, 0.5) is 10.3 Å². The van der Waals surface area contributed by atoms with E-state index in [1.54, 1.807) is 31.3 Å². The van der Waals surface area contributed by atoms with Crippen molar-refractivity contribution >= 4 is 22.2 Å². The number of aliphatic hydroxyl groups is 2. The van der Waals surface area contributed by atoms with Gasteiger partial charge in [-0.15, -0.1) is 11.3 Å². The summed E-state index contributed by atoms with van der Waals surface area (Å²) < 4.78 is 15.3. The van der Waals surface area contributed by atoms with E-state index in [4.69, 9.17) is 0 Å². The number of thiazole rings is 1. The molecule has 0 saturated carbocycles. The van der Waals surface area contributed by atoms with Crippen molar-refractivity contribution in [3.63, 3.8) is 0 Å². The van der Waals surface area contributed by atoms with Crippen LogP contribution in [0.5, 0.6) is 0 Å². The van der Waals surface area contributed by atoms with Gasteiger partial charge in [-0.2, -0.15) is 0 Å². The van der Waals surface area contributed by atoms with Crippen molar-refractivity contribution in [2.24, 2.45) is 0 Å². The van der Waals surface area contributed by atoms with Crippen LogP contribution in [0.2, 0.25) is 0 Å². The van der Waals surface area contributed by atoms with Crippen LogP contribution >= 0.6 is 11.3 Å². The molecule has 4 aromatic rings. The Hall–Kier alpha value is -2.88. The van der Waals surface area contributed by atoms with Gasteiger partial charge in [-0.3, -0.25) is 4.40 Å². The zero-order chi connectivity index (χ0) is 19.7. The number of imidazole rings is 1. The van der Waals surface area contributed by atoms with Crippen molar-refractivity contribution in [2.45, 2.75) is 12.5 Å². The summed E-state index contributed by atoms with van der Waals surface area (Å²) in [6, 6.07) is 7.91. The van der Waals surface area contributed by atoms with E-state index in [-0.39, 0.29) is 25.0 Å². The number of rotatable bonds is 6. The van der Waals surface area contributed by atoms with Crippen molar-refractivity contribution in [3.05, 3.63) is 53.9 Å². The molecule has 0 atom stereocenters. The van der Waals surface area contributed by atoms with Gasteiger partial charge in [-0.05, 0) is 37.3 Å². The van der Waals surface area contributed by atoms with E-state index in [0.717, 1.165) is 16.2 Å². The number of nitrogens with zero attached hydrogens (tertiary/aromatic N) is 4. The zero-order valence-electron chi connectivity index (χ0n) is 15.0. The van der Waals surface area contributed by atoms with Crippen LogP contribution in [0, 0.1) is 5.82 Å². The number of hydrogen-bond acceptors (Lipinski definition) is 7. The highest BCUT2D eigenvalue weighted by molar-refractivity contribution is 7.15. The average molecular weight is 399 g/mol. The lowest BCUT2D eigenvalue weighted by Crippen LogP contribution is -2.43. The lowest BCUT2D eigenvalue weighted by atomic mass is 10.1. The van der Waals surface area contributed by atoms with E-state index < -0.39 is 5.54 Å². The lowest BCUT2D eigenvalue weighted by Gasteiger charge is -2.26. The molecule has 3 N–H and O–H groups in total. The Balaban J connectivity index is 1.83. The number of fused-ring (bicyclic) bond motifs is 1. The second-order valence-electron chi connectivity index (χ2n) is 6.64. The van der Waals surface area contributed by atoms with E-state index >= 15 is 0 Å². The fourth-order valence-corrected chi connectivity index (χ4v) is 3.50. The Morgan fingerprint density at radius 2 is 1.89 bits per heavy atom. The zero-order valence-corrected chi connectivity index (χ0v) is 15.8. The SMILES string of the molecule is CC(CO)(CO)Nc1nccc(-c2c(-c3ccc(F)cc3)nc3sccn23)n1. The largest absolute Gasteiger partial charge is 0.394 e.